The first-order valence-electron chi connectivity index (χ1n) is 11.6. The minimum absolute atomic E-state index is 0.0840. The van der Waals surface area contributed by atoms with E-state index in [1.54, 1.807) is 10.7 Å². The van der Waals surface area contributed by atoms with Crippen LogP contribution in [-0.2, 0) is 30.6 Å². The van der Waals surface area contributed by atoms with Crippen LogP contribution in [0.25, 0.3) is 0 Å². The van der Waals surface area contributed by atoms with Crippen LogP contribution in [-0.4, -0.2) is 63.3 Å². The molecule has 35 heavy (non-hydrogen) atoms. The lowest BCUT2D eigenvalue weighted by Gasteiger charge is -2.32. The molecule has 2 amide bonds. The number of aryl methyl sites for hydroxylation is 1. The fraction of sp³-hybridized carbons (Fsp3) is 0.522. The van der Waals surface area contributed by atoms with Crippen molar-refractivity contribution in [1.82, 2.24) is 24.9 Å². The first-order chi connectivity index (χ1) is 16.7. The number of nitrogens with zero attached hydrogens (tertiary/aromatic N) is 4. The molecular formula is C23H25ClF3N5O3. The Hall–Kier alpha value is -2.79. The number of halogens is 4. The summed E-state index contributed by atoms with van der Waals surface area (Å²) in [6, 6.07) is 5.45. The average Bonchev–Trinajstić information content (AvgIpc) is 3.30. The fourth-order valence-electron chi connectivity index (χ4n) is 4.98. The molecule has 2 atom stereocenters. The second-order valence-electron chi connectivity index (χ2n) is 9.27. The number of nitrogens with one attached hydrogen (secondary N) is 1. The predicted molar refractivity (Wildman–Crippen MR) is 120 cm³/mol. The topological polar surface area (TPSA) is 79.7 Å². The highest BCUT2D eigenvalue weighted by Crippen LogP contribution is 2.32. The number of rotatable bonds is 3. The Morgan fingerprint density at radius 2 is 1.83 bits per heavy atom. The molecule has 4 heterocycles. The highest BCUT2D eigenvalue weighted by molar-refractivity contribution is 6.30. The first kappa shape index (κ1) is 23.9. The van der Waals surface area contributed by atoms with Crippen molar-refractivity contribution >= 4 is 23.6 Å². The van der Waals surface area contributed by atoms with Gasteiger partial charge in [-0.3, -0.25) is 9.48 Å². The average molecular weight is 512 g/mol. The number of amides is 2. The van der Waals surface area contributed by atoms with Gasteiger partial charge in [0.05, 0.1) is 17.8 Å². The molecule has 2 bridgehead atoms. The standard InChI is InChI=1S/C23H25ClF3N5O3/c24-16-7-14(6-15(8-16)23(25,26)27)13-35-22(34)30-4-1-5-32-19(12-30)9-20(29-32)21(33)31-10-17-2-3-18(11-31)28-17/h6-9,17-18,28H,1-5,10-13H2. The Morgan fingerprint density at radius 1 is 1.09 bits per heavy atom. The molecule has 2 aromatic rings. The van der Waals surface area contributed by atoms with Gasteiger partial charge >= 0.3 is 12.3 Å². The van der Waals surface area contributed by atoms with Crippen molar-refractivity contribution in [3.63, 3.8) is 0 Å². The second-order valence-corrected chi connectivity index (χ2v) is 9.70. The Bertz CT molecular complexity index is 1130. The van der Waals surface area contributed by atoms with Crippen molar-refractivity contribution < 1.29 is 27.5 Å². The van der Waals surface area contributed by atoms with Crippen LogP contribution in [0.1, 0.15) is 46.6 Å². The lowest BCUT2D eigenvalue weighted by atomic mass is 10.1. The van der Waals surface area contributed by atoms with E-state index in [1.807, 2.05) is 4.90 Å². The van der Waals surface area contributed by atoms with Crippen LogP contribution >= 0.6 is 11.6 Å². The van der Waals surface area contributed by atoms with E-state index in [4.69, 9.17) is 16.3 Å². The van der Waals surface area contributed by atoms with Gasteiger partial charge in [-0.15, -0.1) is 0 Å². The number of aromatic nitrogens is 2. The Balaban J connectivity index is 1.23. The van der Waals surface area contributed by atoms with Gasteiger partial charge in [0.15, 0.2) is 5.69 Å². The molecule has 3 aliphatic heterocycles. The molecule has 2 fully saturated rings. The molecule has 1 aromatic carbocycles. The molecule has 0 saturated carbocycles. The first-order valence-corrected chi connectivity index (χ1v) is 11.9. The number of alkyl halides is 3. The molecule has 1 aromatic heterocycles. The molecular weight excluding hydrogens is 487 g/mol. The molecule has 2 saturated heterocycles. The normalized spacial score (nSPS) is 22.1. The van der Waals surface area contributed by atoms with Crippen LogP contribution < -0.4 is 5.32 Å². The minimum Gasteiger partial charge on any atom is -0.445 e. The Kier molecular flexibility index (Phi) is 6.39. The van der Waals surface area contributed by atoms with E-state index in [9.17, 15) is 22.8 Å². The summed E-state index contributed by atoms with van der Waals surface area (Å²) in [6.07, 6.45) is -2.47. The van der Waals surface area contributed by atoms with E-state index in [0.717, 1.165) is 25.0 Å². The number of ether oxygens (including phenoxy) is 1. The summed E-state index contributed by atoms with van der Waals surface area (Å²) in [4.78, 5) is 29.1. The van der Waals surface area contributed by atoms with Gasteiger partial charge in [-0.1, -0.05) is 11.6 Å². The van der Waals surface area contributed by atoms with Gasteiger partial charge in [0.25, 0.3) is 5.91 Å². The maximum atomic E-state index is 13.0. The molecule has 1 N–H and O–H groups in total. The van der Waals surface area contributed by atoms with E-state index in [0.29, 0.717) is 56.1 Å². The van der Waals surface area contributed by atoms with Crippen LogP contribution in [0.5, 0.6) is 0 Å². The summed E-state index contributed by atoms with van der Waals surface area (Å²) < 4.78 is 46.1. The summed E-state index contributed by atoms with van der Waals surface area (Å²) in [5.74, 6) is -0.112. The third-order valence-corrected chi connectivity index (χ3v) is 6.86. The Labute approximate surface area is 204 Å². The third-order valence-electron chi connectivity index (χ3n) is 6.64. The number of benzene rings is 1. The molecule has 12 heteroatoms. The number of piperazine rings is 1. The smallest absolute Gasteiger partial charge is 0.416 e. The van der Waals surface area contributed by atoms with Crippen molar-refractivity contribution in [2.75, 3.05) is 19.6 Å². The zero-order chi connectivity index (χ0) is 24.7. The fourth-order valence-corrected chi connectivity index (χ4v) is 5.24. The van der Waals surface area contributed by atoms with E-state index < -0.39 is 17.8 Å². The van der Waals surface area contributed by atoms with Crippen LogP contribution in [0.2, 0.25) is 5.02 Å². The molecule has 0 spiro atoms. The summed E-state index contributed by atoms with van der Waals surface area (Å²) in [5.41, 5.74) is 0.318. The summed E-state index contributed by atoms with van der Waals surface area (Å²) in [6.45, 7) is 2.12. The van der Waals surface area contributed by atoms with Gasteiger partial charge in [-0.25, -0.2) is 4.79 Å². The van der Waals surface area contributed by atoms with E-state index in [2.05, 4.69) is 10.4 Å². The van der Waals surface area contributed by atoms with Crippen LogP contribution in [0.4, 0.5) is 18.0 Å². The van der Waals surface area contributed by atoms with Crippen molar-refractivity contribution in [3.8, 4) is 0 Å². The second kappa shape index (κ2) is 9.34. The maximum absolute atomic E-state index is 13.0. The molecule has 188 valence electrons. The van der Waals surface area contributed by atoms with Crippen LogP contribution in [0.3, 0.4) is 0 Å². The van der Waals surface area contributed by atoms with Crippen molar-refractivity contribution in [1.29, 1.82) is 0 Å². The number of hydrogen-bond acceptors (Lipinski definition) is 5. The summed E-state index contributed by atoms with van der Waals surface area (Å²) >= 11 is 5.81. The number of carbonyl (C=O) groups is 2. The van der Waals surface area contributed by atoms with Crippen molar-refractivity contribution in [3.05, 3.63) is 51.8 Å². The summed E-state index contributed by atoms with van der Waals surface area (Å²) in [7, 11) is 0. The summed E-state index contributed by atoms with van der Waals surface area (Å²) in [5, 5.41) is 7.91. The highest BCUT2D eigenvalue weighted by atomic mass is 35.5. The Morgan fingerprint density at radius 3 is 2.54 bits per heavy atom. The van der Waals surface area contributed by atoms with E-state index in [1.165, 1.54) is 11.0 Å². The zero-order valence-electron chi connectivity index (χ0n) is 18.9. The lowest BCUT2D eigenvalue weighted by molar-refractivity contribution is -0.137. The van der Waals surface area contributed by atoms with Crippen molar-refractivity contribution in [2.45, 2.75) is 57.2 Å². The molecule has 5 rings (SSSR count). The van der Waals surface area contributed by atoms with Gasteiger partial charge in [-0.05, 0) is 49.1 Å². The molecule has 0 radical (unpaired) electrons. The van der Waals surface area contributed by atoms with Gasteiger partial charge in [0, 0.05) is 43.3 Å². The van der Waals surface area contributed by atoms with Crippen LogP contribution in [0.15, 0.2) is 24.3 Å². The van der Waals surface area contributed by atoms with E-state index >= 15 is 0 Å². The lowest BCUT2D eigenvalue weighted by Crippen LogP contribution is -2.53. The maximum Gasteiger partial charge on any atom is 0.416 e. The molecule has 3 aliphatic rings. The van der Waals surface area contributed by atoms with Crippen LogP contribution in [0, 0.1) is 0 Å². The molecule has 0 aliphatic carbocycles. The number of fused-ring (bicyclic) bond motifs is 3. The van der Waals surface area contributed by atoms with Gasteiger partial charge < -0.3 is 19.9 Å². The number of likely N-dealkylation sites (tertiary alicyclic amines) is 1. The SMILES string of the molecule is O=C(OCc1cc(Cl)cc(C(F)(F)F)c1)N1CCCn2nc(C(=O)N3CC4CCC(C3)N4)cc2C1. The quantitative estimate of drug-likeness (QED) is 0.680. The van der Waals surface area contributed by atoms with Gasteiger partial charge in [0.1, 0.15) is 6.61 Å². The minimum atomic E-state index is -4.55. The monoisotopic (exact) mass is 511 g/mol. The van der Waals surface area contributed by atoms with Gasteiger partial charge in [-0.2, -0.15) is 18.3 Å². The predicted octanol–water partition coefficient (Wildman–Crippen LogP) is 3.67. The molecule has 8 nitrogen and oxygen atoms in total. The number of carbonyl (C=O) groups excluding carboxylic acids is 2. The van der Waals surface area contributed by atoms with E-state index in [-0.39, 0.29) is 29.6 Å². The third kappa shape index (κ3) is 5.25. The van der Waals surface area contributed by atoms with Crippen molar-refractivity contribution in [2.24, 2.45) is 0 Å². The van der Waals surface area contributed by atoms with Gasteiger partial charge in [0.2, 0.25) is 0 Å². The molecule has 2 unspecified atom stereocenters. The zero-order valence-corrected chi connectivity index (χ0v) is 19.6. The largest absolute Gasteiger partial charge is 0.445 e. The highest BCUT2D eigenvalue weighted by Gasteiger charge is 2.36. The number of hydrogen-bond donors (Lipinski definition) is 1.